The Morgan fingerprint density at radius 1 is 1.11 bits per heavy atom. The Labute approximate surface area is 106 Å². The second kappa shape index (κ2) is 4.59. The molecule has 1 aromatic rings. The number of nitrogens with zero attached hydrogens (tertiary/aromatic N) is 1. The Kier molecular flexibility index (Phi) is 3.08. The fourth-order valence-corrected chi connectivity index (χ4v) is 2.80. The molecule has 4 heteroatoms. The highest BCUT2D eigenvalue weighted by Crippen LogP contribution is 2.36. The quantitative estimate of drug-likeness (QED) is 0.803. The third-order valence-electron chi connectivity index (χ3n) is 4.12. The normalized spacial score (nSPS) is 23.0. The van der Waals surface area contributed by atoms with Gasteiger partial charge >= 0.3 is 0 Å². The SMILES string of the molecule is Fc1ccc(CN2CCC3(CCO3)CC2)cc1F. The Morgan fingerprint density at radius 3 is 2.39 bits per heavy atom. The first kappa shape index (κ1) is 12.1. The summed E-state index contributed by atoms with van der Waals surface area (Å²) < 4.78 is 31.6. The van der Waals surface area contributed by atoms with Crippen LogP contribution in [0.4, 0.5) is 8.78 Å². The molecule has 2 aliphatic rings. The lowest BCUT2D eigenvalue weighted by Gasteiger charge is -2.47. The van der Waals surface area contributed by atoms with E-state index in [0.717, 1.165) is 38.1 Å². The van der Waals surface area contributed by atoms with Crippen molar-refractivity contribution in [3.8, 4) is 0 Å². The van der Waals surface area contributed by atoms with Gasteiger partial charge in [-0.3, -0.25) is 4.90 Å². The predicted octanol–water partition coefficient (Wildman–Crippen LogP) is 2.72. The summed E-state index contributed by atoms with van der Waals surface area (Å²) in [6.45, 7) is 3.52. The maximum absolute atomic E-state index is 13.1. The average Bonchev–Trinajstić information content (AvgIpc) is 2.33. The van der Waals surface area contributed by atoms with E-state index in [1.165, 1.54) is 18.6 Å². The number of halogens is 2. The molecular weight excluding hydrogens is 236 g/mol. The summed E-state index contributed by atoms with van der Waals surface area (Å²) in [6.07, 6.45) is 3.28. The van der Waals surface area contributed by atoms with Crippen molar-refractivity contribution in [2.24, 2.45) is 0 Å². The van der Waals surface area contributed by atoms with Gasteiger partial charge in [-0.2, -0.15) is 0 Å². The monoisotopic (exact) mass is 253 g/mol. The van der Waals surface area contributed by atoms with Crippen molar-refractivity contribution in [3.05, 3.63) is 35.4 Å². The summed E-state index contributed by atoms with van der Waals surface area (Å²) in [7, 11) is 0. The van der Waals surface area contributed by atoms with Crippen molar-refractivity contribution >= 4 is 0 Å². The van der Waals surface area contributed by atoms with Crippen molar-refractivity contribution in [2.45, 2.75) is 31.4 Å². The fraction of sp³-hybridized carbons (Fsp3) is 0.571. The molecule has 0 radical (unpaired) electrons. The minimum absolute atomic E-state index is 0.143. The van der Waals surface area contributed by atoms with Gasteiger partial charge in [0.15, 0.2) is 11.6 Å². The Morgan fingerprint density at radius 2 is 1.83 bits per heavy atom. The van der Waals surface area contributed by atoms with Gasteiger partial charge in [-0.25, -0.2) is 8.78 Å². The first-order chi connectivity index (χ1) is 8.67. The van der Waals surface area contributed by atoms with Gasteiger partial charge in [0.25, 0.3) is 0 Å². The van der Waals surface area contributed by atoms with Crippen LogP contribution < -0.4 is 0 Å². The second-order valence-electron chi connectivity index (χ2n) is 5.31. The lowest BCUT2D eigenvalue weighted by molar-refractivity contribution is -0.173. The molecule has 2 fully saturated rings. The zero-order chi connectivity index (χ0) is 12.6. The zero-order valence-electron chi connectivity index (χ0n) is 10.3. The van der Waals surface area contributed by atoms with Crippen molar-refractivity contribution in [1.82, 2.24) is 4.90 Å². The summed E-state index contributed by atoms with van der Waals surface area (Å²) in [4.78, 5) is 2.28. The highest BCUT2D eigenvalue weighted by atomic mass is 19.2. The number of rotatable bonds is 2. The molecule has 0 aliphatic carbocycles. The highest BCUT2D eigenvalue weighted by Gasteiger charge is 2.40. The van der Waals surface area contributed by atoms with Gasteiger partial charge in [-0.05, 0) is 37.0 Å². The van der Waals surface area contributed by atoms with Crippen LogP contribution in [0.15, 0.2) is 18.2 Å². The Hall–Kier alpha value is -1.00. The maximum atomic E-state index is 13.1. The number of hydrogen-bond donors (Lipinski definition) is 0. The molecule has 98 valence electrons. The topological polar surface area (TPSA) is 12.5 Å². The fourth-order valence-electron chi connectivity index (χ4n) is 2.80. The van der Waals surface area contributed by atoms with Gasteiger partial charge in [0, 0.05) is 19.6 Å². The molecule has 0 unspecified atom stereocenters. The largest absolute Gasteiger partial charge is 0.375 e. The number of ether oxygens (including phenoxy) is 1. The summed E-state index contributed by atoms with van der Waals surface area (Å²) in [5.41, 5.74) is 0.976. The molecular formula is C14H17F2NO. The molecule has 0 amide bonds. The van der Waals surface area contributed by atoms with Gasteiger partial charge in [0.2, 0.25) is 0 Å². The third-order valence-corrected chi connectivity index (χ3v) is 4.12. The average molecular weight is 253 g/mol. The van der Waals surface area contributed by atoms with Crippen LogP contribution in [-0.4, -0.2) is 30.2 Å². The molecule has 3 rings (SSSR count). The number of benzene rings is 1. The van der Waals surface area contributed by atoms with Crippen LogP contribution in [0.1, 0.15) is 24.8 Å². The van der Waals surface area contributed by atoms with Gasteiger partial charge in [0.1, 0.15) is 0 Å². The lowest BCUT2D eigenvalue weighted by Crippen LogP contribution is -2.52. The summed E-state index contributed by atoms with van der Waals surface area (Å²) in [5, 5.41) is 0. The number of hydrogen-bond acceptors (Lipinski definition) is 2. The molecule has 2 aliphatic heterocycles. The van der Waals surface area contributed by atoms with Crippen LogP contribution in [0.2, 0.25) is 0 Å². The van der Waals surface area contributed by atoms with Gasteiger partial charge in [-0.15, -0.1) is 0 Å². The van der Waals surface area contributed by atoms with Crippen LogP contribution in [0.3, 0.4) is 0 Å². The molecule has 2 nitrogen and oxygen atoms in total. The zero-order valence-corrected chi connectivity index (χ0v) is 10.3. The summed E-state index contributed by atoms with van der Waals surface area (Å²) in [6, 6.07) is 4.15. The van der Waals surface area contributed by atoms with Gasteiger partial charge in [0.05, 0.1) is 12.2 Å². The van der Waals surface area contributed by atoms with Crippen LogP contribution in [0, 0.1) is 11.6 Å². The molecule has 0 saturated carbocycles. The standard InChI is InChI=1S/C14H17F2NO/c15-12-2-1-11(9-13(12)16)10-17-6-3-14(4-7-17)5-8-18-14/h1-2,9H,3-8,10H2. The van der Waals surface area contributed by atoms with E-state index in [0.29, 0.717) is 6.54 Å². The van der Waals surface area contributed by atoms with Gasteiger partial charge < -0.3 is 4.74 Å². The van der Waals surface area contributed by atoms with E-state index in [1.54, 1.807) is 6.07 Å². The van der Waals surface area contributed by atoms with E-state index in [1.807, 2.05) is 0 Å². The molecule has 1 spiro atoms. The molecule has 0 atom stereocenters. The minimum Gasteiger partial charge on any atom is -0.375 e. The Balaban J connectivity index is 1.58. The molecule has 1 aromatic carbocycles. The first-order valence-electron chi connectivity index (χ1n) is 6.47. The number of likely N-dealkylation sites (tertiary alicyclic amines) is 1. The molecule has 0 aromatic heterocycles. The summed E-state index contributed by atoms with van der Waals surface area (Å²) >= 11 is 0. The summed E-state index contributed by atoms with van der Waals surface area (Å²) in [5.74, 6) is -1.54. The van der Waals surface area contributed by atoms with Crippen LogP contribution in [0.5, 0.6) is 0 Å². The van der Waals surface area contributed by atoms with E-state index in [9.17, 15) is 8.78 Å². The molecule has 0 N–H and O–H groups in total. The molecule has 0 bridgehead atoms. The smallest absolute Gasteiger partial charge is 0.159 e. The molecule has 18 heavy (non-hydrogen) atoms. The van der Waals surface area contributed by atoms with Crippen LogP contribution in [-0.2, 0) is 11.3 Å². The van der Waals surface area contributed by atoms with E-state index >= 15 is 0 Å². The van der Waals surface area contributed by atoms with Crippen molar-refractivity contribution < 1.29 is 13.5 Å². The lowest BCUT2D eigenvalue weighted by atomic mass is 9.84. The van der Waals surface area contributed by atoms with E-state index in [4.69, 9.17) is 4.74 Å². The minimum atomic E-state index is -0.779. The van der Waals surface area contributed by atoms with Gasteiger partial charge in [-0.1, -0.05) is 6.07 Å². The van der Waals surface area contributed by atoms with Crippen molar-refractivity contribution in [1.29, 1.82) is 0 Å². The first-order valence-corrected chi connectivity index (χ1v) is 6.47. The van der Waals surface area contributed by atoms with Crippen molar-refractivity contribution in [3.63, 3.8) is 0 Å². The van der Waals surface area contributed by atoms with Crippen LogP contribution >= 0.6 is 0 Å². The number of piperidine rings is 1. The molecule has 2 saturated heterocycles. The van der Waals surface area contributed by atoms with E-state index < -0.39 is 11.6 Å². The second-order valence-corrected chi connectivity index (χ2v) is 5.31. The third kappa shape index (κ3) is 2.27. The predicted molar refractivity (Wildman–Crippen MR) is 64.2 cm³/mol. The molecule has 2 heterocycles. The van der Waals surface area contributed by atoms with Crippen LogP contribution in [0.25, 0.3) is 0 Å². The van der Waals surface area contributed by atoms with Crippen molar-refractivity contribution in [2.75, 3.05) is 19.7 Å². The van der Waals surface area contributed by atoms with E-state index in [2.05, 4.69) is 4.90 Å². The van der Waals surface area contributed by atoms with E-state index in [-0.39, 0.29) is 5.60 Å². The highest BCUT2D eigenvalue weighted by molar-refractivity contribution is 5.17. The maximum Gasteiger partial charge on any atom is 0.159 e. The Bertz CT molecular complexity index is 435.